The lowest BCUT2D eigenvalue weighted by molar-refractivity contribution is -0.117. The van der Waals surface area contributed by atoms with Crippen LogP contribution in [0.15, 0.2) is 40.9 Å². The maximum atomic E-state index is 14.4. The van der Waals surface area contributed by atoms with Crippen molar-refractivity contribution in [3.63, 3.8) is 0 Å². The van der Waals surface area contributed by atoms with Crippen molar-refractivity contribution in [2.75, 3.05) is 16.4 Å². The Morgan fingerprint density at radius 2 is 2.03 bits per heavy atom. The number of anilines is 1. The van der Waals surface area contributed by atoms with Gasteiger partial charge in [0.2, 0.25) is 5.91 Å². The number of hydrogen-bond acceptors (Lipinski definition) is 5. The highest BCUT2D eigenvalue weighted by Crippen LogP contribution is 2.42. The molecule has 4 aromatic rings. The first-order valence-electron chi connectivity index (χ1n) is 12.2. The molecular formula is C27H26ClFN4O2S. The zero-order chi connectivity index (χ0) is 25.0. The zero-order valence-corrected chi connectivity index (χ0v) is 21.7. The topological polar surface area (TPSA) is 64.2 Å². The number of aryl methyl sites for hydroxylation is 2. The van der Waals surface area contributed by atoms with Crippen LogP contribution in [0.4, 0.5) is 10.1 Å². The van der Waals surface area contributed by atoms with Gasteiger partial charge in [-0.15, -0.1) is 0 Å². The number of benzene rings is 2. The largest absolute Gasteiger partial charge is 0.361 e. The van der Waals surface area contributed by atoms with Gasteiger partial charge < -0.3 is 14.0 Å². The number of aromatic nitrogens is 3. The number of nitrogens with zero attached hydrogens (tertiary/aromatic N) is 4. The average Bonchev–Trinajstić information content (AvgIpc) is 3.55. The Hall–Kier alpha value is -2.84. The molecule has 0 saturated carbocycles. The third-order valence-corrected chi connectivity index (χ3v) is 8.74. The van der Waals surface area contributed by atoms with Gasteiger partial charge in [-0.3, -0.25) is 4.79 Å². The molecule has 2 aliphatic heterocycles. The molecule has 0 N–H and O–H groups in total. The summed E-state index contributed by atoms with van der Waals surface area (Å²) in [5.74, 6) is 3.22. The summed E-state index contributed by atoms with van der Waals surface area (Å²) in [6.45, 7) is 3.85. The molecule has 1 amide bonds. The van der Waals surface area contributed by atoms with Crippen molar-refractivity contribution in [1.82, 2.24) is 14.7 Å². The van der Waals surface area contributed by atoms with Gasteiger partial charge in [-0.2, -0.15) is 11.8 Å². The first-order chi connectivity index (χ1) is 17.4. The van der Waals surface area contributed by atoms with Gasteiger partial charge in [0.1, 0.15) is 17.4 Å². The maximum absolute atomic E-state index is 14.4. The molecular weight excluding hydrogens is 499 g/mol. The van der Waals surface area contributed by atoms with Gasteiger partial charge in [0.05, 0.1) is 27.8 Å². The SMILES string of the molecule is Cc1noc(C)c1-c1ccc2c(c1)nc([C@@H]1CCC(=O)N1c1ccc(Cl)c(F)c1)n2C1CCCSC1. The Kier molecular flexibility index (Phi) is 6.04. The van der Waals surface area contributed by atoms with Gasteiger partial charge in [-0.25, -0.2) is 9.37 Å². The Balaban J connectivity index is 1.51. The standard InChI is InChI=1S/C27H26ClFN4O2S/c1-15-26(16(2)35-31-15)17-5-8-23-22(12-17)30-27(33(23)19-4-3-11-36-14-19)24-9-10-25(34)32(24)18-6-7-20(28)21(29)13-18/h5-8,12-13,19,24H,3-4,9-11,14H2,1-2H3/t19?,24-/m0/s1. The fourth-order valence-corrected chi connectivity index (χ4v) is 6.84. The van der Waals surface area contributed by atoms with Crippen LogP contribution < -0.4 is 4.90 Å². The van der Waals surface area contributed by atoms with Crippen LogP contribution in [0.1, 0.15) is 55.0 Å². The smallest absolute Gasteiger partial charge is 0.227 e. The number of fused-ring (bicyclic) bond motifs is 1. The van der Waals surface area contributed by atoms with Gasteiger partial charge in [-0.05, 0) is 74.8 Å². The minimum absolute atomic E-state index is 0.0326. The molecule has 186 valence electrons. The number of rotatable bonds is 4. The van der Waals surface area contributed by atoms with Crippen molar-refractivity contribution in [3.8, 4) is 11.1 Å². The van der Waals surface area contributed by atoms with Crippen molar-refractivity contribution < 1.29 is 13.7 Å². The lowest BCUT2D eigenvalue weighted by Crippen LogP contribution is -2.30. The van der Waals surface area contributed by atoms with Gasteiger partial charge >= 0.3 is 0 Å². The Labute approximate surface area is 217 Å². The summed E-state index contributed by atoms with van der Waals surface area (Å²) >= 11 is 7.88. The first kappa shape index (κ1) is 23.6. The third-order valence-electron chi connectivity index (χ3n) is 7.23. The van der Waals surface area contributed by atoms with Gasteiger partial charge in [0.15, 0.2) is 0 Å². The molecule has 2 saturated heterocycles. The molecule has 2 aromatic carbocycles. The summed E-state index contributed by atoms with van der Waals surface area (Å²) in [4.78, 5) is 19.9. The number of halogens is 2. The number of amides is 1. The van der Waals surface area contributed by atoms with Gasteiger partial charge in [0.25, 0.3) is 0 Å². The van der Waals surface area contributed by atoms with E-state index in [1.807, 2.05) is 25.6 Å². The van der Waals surface area contributed by atoms with Crippen molar-refractivity contribution >= 4 is 46.0 Å². The summed E-state index contributed by atoms with van der Waals surface area (Å²) in [7, 11) is 0. The lowest BCUT2D eigenvalue weighted by Gasteiger charge is -2.30. The van der Waals surface area contributed by atoms with Crippen LogP contribution in [0.25, 0.3) is 22.2 Å². The normalized spacial score (nSPS) is 20.6. The van der Waals surface area contributed by atoms with Crippen LogP contribution in [0.2, 0.25) is 5.02 Å². The van der Waals surface area contributed by atoms with E-state index in [1.165, 1.54) is 12.1 Å². The molecule has 2 atom stereocenters. The van der Waals surface area contributed by atoms with E-state index in [2.05, 4.69) is 27.9 Å². The molecule has 0 aliphatic carbocycles. The predicted octanol–water partition coefficient (Wildman–Crippen LogP) is 7.04. The number of hydrogen-bond donors (Lipinski definition) is 0. The number of carbonyl (C=O) groups is 1. The fraction of sp³-hybridized carbons (Fsp3) is 0.370. The van der Waals surface area contributed by atoms with E-state index < -0.39 is 5.82 Å². The molecule has 6 nitrogen and oxygen atoms in total. The second kappa shape index (κ2) is 9.23. The highest BCUT2D eigenvalue weighted by atomic mass is 35.5. The Morgan fingerprint density at radius 1 is 1.17 bits per heavy atom. The van der Waals surface area contributed by atoms with Crippen molar-refractivity contribution in [3.05, 3.63) is 64.5 Å². The van der Waals surface area contributed by atoms with E-state index in [1.54, 1.807) is 11.0 Å². The molecule has 6 rings (SSSR count). The van der Waals surface area contributed by atoms with Crippen molar-refractivity contribution in [2.24, 2.45) is 0 Å². The van der Waals surface area contributed by atoms with E-state index in [-0.39, 0.29) is 23.0 Å². The predicted molar refractivity (Wildman–Crippen MR) is 141 cm³/mol. The molecule has 9 heteroatoms. The maximum Gasteiger partial charge on any atom is 0.227 e. The number of thioether (sulfide) groups is 1. The van der Waals surface area contributed by atoms with Crippen LogP contribution in [0, 0.1) is 19.7 Å². The summed E-state index contributed by atoms with van der Waals surface area (Å²) in [6, 6.07) is 10.9. The summed E-state index contributed by atoms with van der Waals surface area (Å²) < 4.78 is 22.1. The van der Waals surface area contributed by atoms with E-state index >= 15 is 0 Å². The molecule has 0 spiro atoms. The number of imidazole rings is 1. The zero-order valence-electron chi connectivity index (χ0n) is 20.1. The molecule has 36 heavy (non-hydrogen) atoms. The van der Waals surface area contributed by atoms with E-state index in [0.29, 0.717) is 18.5 Å². The second-order valence-corrected chi connectivity index (χ2v) is 11.1. The molecule has 2 aromatic heterocycles. The third kappa shape index (κ3) is 3.91. The molecule has 2 aliphatic rings. The van der Waals surface area contributed by atoms with Crippen LogP contribution in [-0.4, -0.2) is 32.1 Å². The van der Waals surface area contributed by atoms with Crippen LogP contribution in [0.5, 0.6) is 0 Å². The van der Waals surface area contributed by atoms with Crippen molar-refractivity contribution in [2.45, 2.75) is 51.6 Å². The monoisotopic (exact) mass is 524 g/mol. The quantitative estimate of drug-likeness (QED) is 0.286. The van der Waals surface area contributed by atoms with Gasteiger partial charge in [-0.1, -0.05) is 22.8 Å². The molecule has 2 fully saturated rings. The summed E-state index contributed by atoms with van der Waals surface area (Å²) in [5, 5.41) is 4.15. The highest BCUT2D eigenvalue weighted by Gasteiger charge is 2.38. The highest BCUT2D eigenvalue weighted by molar-refractivity contribution is 7.99. The summed E-state index contributed by atoms with van der Waals surface area (Å²) in [5.41, 5.74) is 5.27. The van der Waals surface area contributed by atoms with Gasteiger partial charge in [0, 0.05) is 29.5 Å². The Bertz CT molecular complexity index is 1460. The van der Waals surface area contributed by atoms with Crippen LogP contribution >= 0.6 is 23.4 Å². The average molecular weight is 525 g/mol. The van der Waals surface area contributed by atoms with Crippen LogP contribution in [0.3, 0.4) is 0 Å². The van der Waals surface area contributed by atoms with E-state index in [9.17, 15) is 9.18 Å². The first-order valence-corrected chi connectivity index (χ1v) is 13.8. The second-order valence-electron chi connectivity index (χ2n) is 9.53. The van der Waals surface area contributed by atoms with Crippen molar-refractivity contribution in [1.29, 1.82) is 0 Å². The Morgan fingerprint density at radius 3 is 2.75 bits per heavy atom. The number of carbonyl (C=O) groups excluding carboxylic acids is 1. The minimum atomic E-state index is -0.533. The van der Waals surface area contributed by atoms with E-state index in [4.69, 9.17) is 21.1 Å². The molecule has 4 heterocycles. The van der Waals surface area contributed by atoms with Crippen LogP contribution in [-0.2, 0) is 4.79 Å². The molecule has 0 radical (unpaired) electrons. The molecule has 0 bridgehead atoms. The van der Waals surface area contributed by atoms with E-state index in [0.717, 1.165) is 63.8 Å². The lowest BCUT2D eigenvalue weighted by atomic mass is 10.0. The summed E-state index contributed by atoms with van der Waals surface area (Å²) in [6.07, 6.45) is 3.22. The minimum Gasteiger partial charge on any atom is -0.361 e. The molecule has 1 unspecified atom stereocenters. The fourth-order valence-electron chi connectivity index (χ4n) is 5.60.